The van der Waals surface area contributed by atoms with Gasteiger partial charge in [-0.15, -0.1) is 0 Å². The number of alkyl halides is 3. The van der Waals surface area contributed by atoms with Gasteiger partial charge in [0.25, 0.3) is 0 Å². The SMILES string of the molecule is Nc1ccc(NCc2ccccc2Cl)cc1C(F)(F)F. The number of benzene rings is 2. The van der Waals surface area contributed by atoms with Crippen LogP contribution in [0, 0.1) is 0 Å². The Bertz CT molecular complexity index is 612. The van der Waals surface area contributed by atoms with Crippen LogP contribution in [0.3, 0.4) is 0 Å². The van der Waals surface area contributed by atoms with Gasteiger partial charge in [0.1, 0.15) is 0 Å². The zero-order valence-corrected chi connectivity index (χ0v) is 11.1. The first kappa shape index (κ1) is 14.5. The molecule has 0 aliphatic rings. The molecule has 0 spiro atoms. The third-order valence-electron chi connectivity index (χ3n) is 2.80. The van der Waals surface area contributed by atoms with E-state index in [0.717, 1.165) is 11.6 Å². The van der Waals surface area contributed by atoms with E-state index in [1.165, 1.54) is 12.1 Å². The molecular weight excluding hydrogens is 289 g/mol. The lowest BCUT2D eigenvalue weighted by atomic mass is 10.1. The first-order valence-electron chi connectivity index (χ1n) is 5.82. The maximum atomic E-state index is 12.7. The Morgan fingerprint density at radius 2 is 1.80 bits per heavy atom. The summed E-state index contributed by atoms with van der Waals surface area (Å²) in [5.41, 5.74) is 5.35. The monoisotopic (exact) mass is 300 g/mol. The van der Waals surface area contributed by atoms with Crippen LogP contribution in [0.25, 0.3) is 0 Å². The van der Waals surface area contributed by atoms with E-state index in [9.17, 15) is 13.2 Å². The predicted octanol–water partition coefficient (Wildman–Crippen LogP) is 4.55. The second-order valence-corrected chi connectivity index (χ2v) is 4.65. The molecule has 0 unspecified atom stereocenters. The van der Waals surface area contributed by atoms with Crippen molar-refractivity contribution < 1.29 is 13.2 Å². The van der Waals surface area contributed by atoms with E-state index < -0.39 is 11.7 Å². The predicted molar refractivity (Wildman–Crippen MR) is 74.6 cm³/mol. The van der Waals surface area contributed by atoms with Gasteiger partial charge >= 0.3 is 6.18 Å². The van der Waals surface area contributed by atoms with E-state index in [1.54, 1.807) is 18.2 Å². The van der Waals surface area contributed by atoms with Crippen molar-refractivity contribution >= 4 is 23.0 Å². The third-order valence-corrected chi connectivity index (χ3v) is 3.17. The quantitative estimate of drug-likeness (QED) is 0.816. The number of nitrogens with two attached hydrogens (primary N) is 1. The molecule has 0 bridgehead atoms. The fourth-order valence-electron chi connectivity index (χ4n) is 1.75. The second-order valence-electron chi connectivity index (χ2n) is 4.24. The standard InChI is InChI=1S/C14H12ClF3N2/c15-12-4-2-1-3-9(12)8-20-10-5-6-13(19)11(7-10)14(16,17)18/h1-7,20H,8,19H2. The molecule has 0 aromatic heterocycles. The van der Waals surface area contributed by atoms with Gasteiger partial charge in [0.05, 0.1) is 5.56 Å². The number of halogens is 4. The average Bonchev–Trinajstić information content (AvgIpc) is 2.38. The fourth-order valence-corrected chi connectivity index (χ4v) is 1.95. The molecule has 0 aliphatic heterocycles. The van der Waals surface area contributed by atoms with Crippen molar-refractivity contribution in [1.82, 2.24) is 0 Å². The summed E-state index contributed by atoms with van der Waals surface area (Å²) >= 11 is 5.98. The van der Waals surface area contributed by atoms with Crippen LogP contribution in [0.15, 0.2) is 42.5 Å². The van der Waals surface area contributed by atoms with E-state index in [0.29, 0.717) is 17.3 Å². The third kappa shape index (κ3) is 3.36. The molecule has 0 fully saturated rings. The van der Waals surface area contributed by atoms with Crippen molar-refractivity contribution in [2.75, 3.05) is 11.1 Å². The highest BCUT2D eigenvalue weighted by Crippen LogP contribution is 2.35. The maximum Gasteiger partial charge on any atom is 0.418 e. The summed E-state index contributed by atoms with van der Waals surface area (Å²) in [4.78, 5) is 0. The average molecular weight is 301 g/mol. The van der Waals surface area contributed by atoms with E-state index >= 15 is 0 Å². The molecule has 20 heavy (non-hydrogen) atoms. The van der Waals surface area contributed by atoms with Gasteiger partial charge in [-0.2, -0.15) is 13.2 Å². The van der Waals surface area contributed by atoms with Crippen LogP contribution < -0.4 is 11.1 Å². The minimum absolute atomic E-state index is 0.291. The maximum absolute atomic E-state index is 12.7. The van der Waals surface area contributed by atoms with Crippen molar-refractivity contribution in [3.8, 4) is 0 Å². The lowest BCUT2D eigenvalue weighted by Crippen LogP contribution is -2.10. The van der Waals surface area contributed by atoms with Crippen LogP contribution >= 0.6 is 11.6 Å². The highest BCUT2D eigenvalue weighted by molar-refractivity contribution is 6.31. The van der Waals surface area contributed by atoms with Crippen molar-refractivity contribution in [2.45, 2.75) is 12.7 Å². The number of nitrogen functional groups attached to an aromatic ring is 1. The Morgan fingerprint density at radius 3 is 2.45 bits per heavy atom. The van der Waals surface area contributed by atoms with Crippen LogP contribution in [-0.4, -0.2) is 0 Å². The zero-order chi connectivity index (χ0) is 14.8. The van der Waals surface area contributed by atoms with E-state index in [1.807, 2.05) is 6.07 Å². The molecule has 3 N–H and O–H groups in total. The van der Waals surface area contributed by atoms with Crippen LogP contribution in [-0.2, 0) is 12.7 Å². The van der Waals surface area contributed by atoms with Crippen LogP contribution in [0.4, 0.5) is 24.5 Å². The largest absolute Gasteiger partial charge is 0.418 e. The molecule has 2 nitrogen and oxygen atoms in total. The molecule has 0 atom stereocenters. The van der Waals surface area contributed by atoms with Gasteiger partial charge in [-0.3, -0.25) is 0 Å². The smallest absolute Gasteiger partial charge is 0.398 e. The molecule has 0 heterocycles. The van der Waals surface area contributed by atoms with Gasteiger partial charge in [-0.25, -0.2) is 0 Å². The van der Waals surface area contributed by atoms with Gasteiger partial charge in [0.15, 0.2) is 0 Å². The van der Waals surface area contributed by atoms with Crippen molar-refractivity contribution in [3.05, 3.63) is 58.6 Å². The number of anilines is 2. The summed E-state index contributed by atoms with van der Waals surface area (Å²) in [6.07, 6.45) is -4.47. The minimum Gasteiger partial charge on any atom is -0.398 e. The molecule has 0 saturated carbocycles. The fraction of sp³-hybridized carbons (Fsp3) is 0.143. The summed E-state index contributed by atoms with van der Waals surface area (Å²) in [6, 6.07) is 10.9. The summed E-state index contributed by atoms with van der Waals surface area (Å²) in [5, 5.41) is 3.46. The van der Waals surface area contributed by atoms with Gasteiger partial charge in [-0.1, -0.05) is 29.8 Å². The number of hydrogen-bond donors (Lipinski definition) is 2. The van der Waals surface area contributed by atoms with Crippen LogP contribution in [0.5, 0.6) is 0 Å². The molecule has 0 aliphatic carbocycles. The minimum atomic E-state index is -4.47. The Balaban J connectivity index is 2.17. The summed E-state index contributed by atoms with van der Waals surface area (Å²) in [7, 11) is 0. The normalized spacial score (nSPS) is 11.4. The van der Waals surface area contributed by atoms with E-state index in [4.69, 9.17) is 17.3 Å². The first-order valence-corrected chi connectivity index (χ1v) is 6.20. The highest BCUT2D eigenvalue weighted by Gasteiger charge is 2.33. The molecule has 0 saturated heterocycles. The molecule has 2 aromatic carbocycles. The molecule has 6 heteroatoms. The van der Waals surface area contributed by atoms with Gasteiger partial charge in [0.2, 0.25) is 0 Å². The Labute approximate surface area is 119 Å². The first-order chi connectivity index (χ1) is 9.38. The Kier molecular flexibility index (Phi) is 4.09. The van der Waals surface area contributed by atoms with Gasteiger partial charge in [0, 0.05) is 22.9 Å². The van der Waals surface area contributed by atoms with Crippen molar-refractivity contribution in [1.29, 1.82) is 0 Å². The molecular formula is C14H12ClF3N2. The highest BCUT2D eigenvalue weighted by atomic mass is 35.5. The van der Waals surface area contributed by atoms with Crippen molar-refractivity contribution in [3.63, 3.8) is 0 Å². The molecule has 2 aromatic rings. The molecule has 0 amide bonds. The Hall–Kier alpha value is -1.88. The molecule has 106 valence electrons. The van der Waals surface area contributed by atoms with E-state index in [-0.39, 0.29) is 5.69 Å². The van der Waals surface area contributed by atoms with Gasteiger partial charge < -0.3 is 11.1 Å². The van der Waals surface area contributed by atoms with Crippen LogP contribution in [0.2, 0.25) is 5.02 Å². The number of nitrogens with one attached hydrogen (secondary N) is 1. The lowest BCUT2D eigenvalue weighted by molar-refractivity contribution is -0.136. The Morgan fingerprint density at radius 1 is 1.10 bits per heavy atom. The lowest BCUT2D eigenvalue weighted by Gasteiger charge is -2.13. The molecule has 2 rings (SSSR count). The van der Waals surface area contributed by atoms with Crippen molar-refractivity contribution in [2.24, 2.45) is 0 Å². The van der Waals surface area contributed by atoms with E-state index in [2.05, 4.69) is 5.32 Å². The topological polar surface area (TPSA) is 38.0 Å². The van der Waals surface area contributed by atoms with Gasteiger partial charge in [-0.05, 0) is 29.8 Å². The molecule has 0 radical (unpaired) electrons. The number of hydrogen-bond acceptors (Lipinski definition) is 2. The summed E-state index contributed by atoms with van der Waals surface area (Å²) in [5.74, 6) is 0. The van der Waals surface area contributed by atoms with Crippen LogP contribution in [0.1, 0.15) is 11.1 Å². The number of rotatable bonds is 3. The summed E-state index contributed by atoms with van der Waals surface area (Å²) in [6.45, 7) is 0.334. The zero-order valence-electron chi connectivity index (χ0n) is 10.3. The summed E-state index contributed by atoms with van der Waals surface area (Å²) < 4.78 is 38.2. The second kappa shape index (κ2) is 5.63.